The van der Waals surface area contributed by atoms with Crippen molar-refractivity contribution >= 4 is 21.6 Å². The van der Waals surface area contributed by atoms with E-state index in [4.69, 9.17) is 4.74 Å². The highest BCUT2D eigenvalue weighted by Crippen LogP contribution is 2.21. The van der Waals surface area contributed by atoms with Crippen LogP contribution in [0, 0.1) is 13.8 Å². The van der Waals surface area contributed by atoms with E-state index in [0.29, 0.717) is 31.6 Å². The van der Waals surface area contributed by atoms with E-state index in [1.165, 1.54) is 10.6 Å². The van der Waals surface area contributed by atoms with Gasteiger partial charge in [-0.1, -0.05) is 6.07 Å². The molecule has 0 spiro atoms. The number of aryl methyl sites for hydroxylation is 2. The van der Waals surface area contributed by atoms with Crippen LogP contribution >= 0.6 is 0 Å². The second-order valence-electron chi connectivity index (χ2n) is 7.36. The number of carbonyl (C=O) groups is 1. The van der Waals surface area contributed by atoms with Crippen LogP contribution in [0.5, 0.6) is 0 Å². The zero-order chi connectivity index (χ0) is 20.6. The van der Waals surface area contributed by atoms with Gasteiger partial charge in [0, 0.05) is 32.6 Å². The third kappa shape index (κ3) is 7.41. The second kappa shape index (κ2) is 10.8. The van der Waals surface area contributed by atoms with Gasteiger partial charge in [0.25, 0.3) is 0 Å². The molecule has 0 aliphatic carbocycles. The topological polar surface area (TPSA) is 79.0 Å². The van der Waals surface area contributed by atoms with E-state index in [2.05, 4.69) is 10.2 Å². The van der Waals surface area contributed by atoms with Crippen molar-refractivity contribution in [2.45, 2.75) is 33.1 Å². The third-order valence-corrected chi connectivity index (χ3v) is 6.21. The number of rotatable bonds is 10. The summed E-state index contributed by atoms with van der Waals surface area (Å²) in [6.07, 6.45) is 2.90. The molecule has 0 aromatic heterocycles. The molecule has 2 rings (SSSR count). The molecule has 28 heavy (non-hydrogen) atoms. The first kappa shape index (κ1) is 22.6. The van der Waals surface area contributed by atoms with E-state index in [1.54, 1.807) is 0 Å². The van der Waals surface area contributed by atoms with Crippen molar-refractivity contribution in [2.24, 2.45) is 0 Å². The van der Waals surface area contributed by atoms with Gasteiger partial charge >= 0.3 is 0 Å². The maximum Gasteiger partial charge on any atom is 0.232 e. The molecule has 0 unspecified atom stereocenters. The molecule has 0 atom stereocenters. The van der Waals surface area contributed by atoms with Gasteiger partial charge in [0.1, 0.15) is 0 Å². The quantitative estimate of drug-likeness (QED) is 0.593. The standard InChI is InChI=1S/C20H33N3O4S/c1-17-7-8-19(16-18(17)2)23(28(3,25)26)11-4-6-20(24)21-9-5-10-22-12-14-27-15-13-22/h7-8,16H,4-6,9-15H2,1-3H3,(H,21,24). The van der Waals surface area contributed by atoms with Gasteiger partial charge < -0.3 is 10.1 Å². The molecule has 7 nitrogen and oxygen atoms in total. The number of nitrogens with zero attached hydrogens (tertiary/aromatic N) is 2. The highest BCUT2D eigenvalue weighted by atomic mass is 32.2. The Morgan fingerprint density at radius 1 is 1.18 bits per heavy atom. The van der Waals surface area contributed by atoms with Crippen LogP contribution in [-0.4, -0.2) is 71.4 Å². The fourth-order valence-electron chi connectivity index (χ4n) is 3.19. The Bertz CT molecular complexity index is 746. The summed E-state index contributed by atoms with van der Waals surface area (Å²) in [6.45, 7) is 9.32. The number of ether oxygens (including phenoxy) is 1. The van der Waals surface area contributed by atoms with Crippen molar-refractivity contribution in [3.63, 3.8) is 0 Å². The fourth-order valence-corrected chi connectivity index (χ4v) is 4.15. The monoisotopic (exact) mass is 411 g/mol. The molecule has 0 radical (unpaired) electrons. The Morgan fingerprint density at radius 3 is 2.54 bits per heavy atom. The van der Waals surface area contributed by atoms with E-state index in [-0.39, 0.29) is 5.91 Å². The van der Waals surface area contributed by atoms with Crippen LogP contribution in [0.4, 0.5) is 5.69 Å². The average Bonchev–Trinajstić information content (AvgIpc) is 2.65. The summed E-state index contributed by atoms with van der Waals surface area (Å²) >= 11 is 0. The van der Waals surface area contributed by atoms with Gasteiger partial charge in [-0.25, -0.2) is 8.42 Å². The number of nitrogens with one attached hydrogen (secondary N) is 1. The molecule has 1 fully saturated rings. The lowest BCUT2D eigenvalue weighted by atomic mass is 10.1. The van der Waals surface area contributed by atoms with E-state index in [9.17, 15) is 13.2 Å². The summed E-state index contributed by atoms with van der Waals surface area (Å²) in [5.41, 5.74) is 2.81. The van der Waals surface area contributed by atoms with Crippen LogP contribution in [0.1, 0.15) is 30.4 Å². The summed E-state index contributed by atoms with van der Waals surface area (Å²) in [7, 11) is -3.39. The Morgan fingerprint density at radius 2 is 1.89 bits per heavy atom. The Labute approximate surface area is 169 Å². The van der Waals surface area contributed by atoms with Crippen molar-refractivity contribution < 1.29 is 17.9 Å². The molecule has 1 heterocycles. The summed E-state index contributed by atoms with van der Waals surface area (Å²) < 4.78 is 31.1. The number of hydrogen-bond acceptors (Lipinski definition) is 5. The predicted molar refractivity (Wildman–Crippen MR) is 112 cm³/mol. The number of hydrogen-bond donors (Lipinski definition) is 1. The first-order chi connectivity index (χ1) is 13.3. The van der Waals surface area contributed by atoms with E-state index in [1.807, 2.05) is 32.0 Å². The van der Waals surface area contributed by atoms with Crippen molar-refractivity contribution in [2.75, 3.05) is 56.5 Å². The summed E-state index contributed by atoms with van der Waals surface area (Å²) in [5.74, 6) is -0.0319. The molecule has 0 bridgehead atoms. The number of sulfonamides is 1. The highest BCUT2D eigenvalue weighted by Gasteiger charge is 2.18. The van der Waals surface area contributed by atoms with E-state index >= 15 is 0 Å². The molecule has 1 amide bonds. The second-order valence-corrected chi connectivity index (χ2v) is 9.27. The summed E-state index contributed by atoms with van der Waals surface area (Å²) in [5, 5.41) is 2.93. The molecule has 1 aromatic carbocycles. The summed E-state index contributed by atoms with van der Waals surface area (Å²) in [4.78, 5) is 14.4. The van der Waals surface area contributed by atoms with Crippen molar-refractivity contribution in [1.29, 1.82) is 0 Å². The van der Waals surface area contributed by atoms with Gasteiger partial charge in [0.05, 0.1) is 25.2 Å². The normalized spacial score (nSPS) is 15.4. The fraction of sp³-hybridized carbons (Fsp3) is 0.650. The number of benzene rings is 1. The number of carbonyl (C=O) groups excluding carboxylic acids is 1. The molecule has 1 aliphatic heterocycles. The minimum atomic E-state index is -3.39. The van der Waals surface area contributed by atoms with Gasteiger partial charge in [-0.05, 0) is 56.5 Å². The van der Waals surface area contributed by atoms with Crippen LogP contribution in [0.15, 0.2) is 18.2 Å². The van der Waals surface area contributed by atoms with Gasteiger partial charge in [-0.15, -0.1) is 0 Å². The lowest BCUT2D eigenvalue weighted by Crippen LogP contribution is -2.38. The van der Waals surface area contributed by atoms with Crippen LogP contribution < -0.4 is 9.62 Å². The van der Waals surface area contributed by atoms with Gasteiger partial charge in [0.2, 0.25) is 15.9 Å². The van der Waals surface area contributed by atoms with Crippen LogP contribution in [-0.2, 0) is 19.6 Å². The first-order valence-corrected chi connectivity index (χ1v) is 11.7. The van der Waals surface area contributed by atoms with E-state index < -0.39 is 10.0 Å². The Hall–Kier alpha value is -1.64. The third-order valence-electron chi connectivity index (χ3n) is 5.02. The summed E-state index contributed by atoms with van der Waals surface area (Å²) in [6, 6.07) is 5.61. The predicted octanol–water partition coefficient (Wildman–Crippen LogP) is 1.69. The number of morpholine rings is 1. The van der Waals surface area contributed by atoms with Crippen molar-refractivity contribution in [3.05, 3.63) is 29.3 Å². The molecule has 1 aliphatic rings. The lowest BCUT2D eigenvalue weighted by molar-refractivity contribution is -0.121. The molecule has 1 N–H and O–H groups in total. The molecule has 158 valence electrons. The molecule has 8 heteroatoms. The first-order valence-electron chi connectivity index (χ1n) is 9.89. The smallest absolute Gasteiger partial charge is 0.232 e. The average molecular weight is 412 g/mol. The maximum atomic E-state index is 12.2. The lowest BCUT2D eigenvalue weighted by Gasteiger charge is -2.26. The van der Waals surface area contributed by atoms with Crippen molar-refractivity contribution in [1.82, 2.24) is 10.2 Å². The van der Waals surface area contributed by atoms with Crippen LogP contribution in [0.25, 0.3) is 0 Å². The van der Waals surface area contributed by atoms with Crippen LogP contribution in [0.2, 0.25) is 0 Å². The number of amides is 1. The molecule has 1 saturated heterocycles. The molecule has 0 saturated carbocycles. The van der Waals surface area contributed by atoms with Crippen molar-refractivity contribution in [3.8, 4) is 0 Å². The number of anilines is 1. The molecular formula is C20H33N3O4S. The Kier molecular flexibility index (Phi) is 8.72. The van der Waals surface area contributed by atoms with Gasteiger partial charge in [0.15, 0.2) is 0 Å². The maximum absolute atomic E-state index is 12.2. The Balaban J connectivity index is 1.73. The molecular weight excluding hydrogens is 378 g/mol. The molecule has 1 aromatic rings. The van der Waals surface area contributed by atoms with E-state index in [0.717, 1.165) is 50.4 Å². The van der Waals surface area contributed by atoms with Gasteiger partial charge in [-0.3, -0.25) is 14.0 Å². The largest absolute Gasteiger partial charge is 0.379 e. The SMILES string of the molecule is Cc1ccc(N(CCCC(=O)NCCCN2CCOCC2)S(C)(=O)=O)cc1C. The minimum absolute atomic E-state index is 0.0319. The van der Waals surface area contributed by atoms with Gasteiger partial charge in [-0.2, -0.15) is 0 Å². The minimum Gasteiger partial charge on any atom is -0.379 e. The zero-order valence-corrected chi connectivity index (χ0v) is 18.1. The highest BCUT2D eigenvalue weighted by molar-refractivity contribution is 7.92. The zero-order valence-electron chi connectivity index (χ0n) is 17.2. The van der Waals surface area contributed by atoms with Crippen LogP contribution in [0.3, 0.4) is 0 Å².